The minimum Gasteiger partial charge on any atom is -0.494 e. The fourth-order valence-electron chi connectivity index (χ4n) is 3.63. The fourth-order valence-corrected chi connectivity index (χ4v) is 4.28. The van der Waals surface area contributed by atoms with Gasteiger partial charge in [-0.3, -0.25) is 9.69 Å². The Balaban J connectivity index is 1.27. The maximum Gasteiger partial charge on any atom is 0.241 e. The fraction of sp³-hybridized carbons (Fsp3) is 0.409. The third kappa shape index (κ3) is 5.25. The maximum absolute atomic E-state index is 12.7. The standard InChI is InChI=1S/C22H26N4O3S/c1-2-28-18-9-7-16(8-10-18)13-23-22(27)17-5-3-11-26(14-17)15-20-24-21(25-29-20)19-6-4-12-30-19/h4,6-10,12,17H,2-3,5,11,13-15H2,1H3,(H,23,27). The highest BCUT2D eigenvalue weighted by atomic mass is 32.1. The van der Waals surface area contributed by atoms with Crippen LogP contribution in [0.1, 0.15) is 31.2 Å². The molecule has 1 amide bonds. The number of carbonyl (C=O) groups excluding carboxylic acids is 1. The van der Waals surface area contributed by atoms with E-state index in [1.807, 2.05) is 48.7 Å². The molecular weight excluding hydrogens is 400 g/mol. The van der Waals surface area contributed by atoms with Crippen molar-refractivity contribution in [2.45, 2.75) is 32.9 Å². The zero-order valence-electron chi connectivity index (χ0n) is 17.0. The second-order valence-electron chi connectivity index (χ2n) is 7.36. The number of nitrogens with zero attached hydrogens (tertiary/aromatic N) is 3. The van der Waals surface area contributed by atoms with Gasteiger partial charge in [-0.2, -0.15) is 4.98 Å². The van der Waals surface area contributed by atoms with Crippen LogP contribution in [-0.2, 0) is 17.9 Å². The molecule has 1 aliphatic heterocycles. The van der Waals surface area contributed by atoms with Gasteiger partial charge in [0.1, 0.15) is 5.75 Å². The molecule has 1 N–H and O–H groups in total. The number of benzene rings is 1. The van der Waals surface area contributed by atoms with E-state index in [9.17, 15) is 4.79 Å². The van der Waals surface area contributed by atoms with Crippen molar-refractivity contribution in [2.24, 2.45) is 5.92 Å². The van der Waals surface area contributed by atoms with Crippen molar-refractivity contribution in [3.63, 3.8) is 0 Å². The lowest BCUT2D eigenvalue weighted by Crippen LogP contribution is -2.42. The van der Waals surface area contributed by atoms with Crippen LogP contribution < -0.4 is 10.1 Å². The molecule has 7 nitrogen and oxygen atoms in total. The monoisotopic (exact) mass is 426 g/mol. The van der Waals surface area contributed by atoms with Crippen LogP contribution in [0.15, 0.2) is 46.3 Å². The Morgan fingerprint density at radius 1 is 1.33 bits per heavy atom. The highest BCUT2D eigenvalue weighted by molar-refractivity contribution is 7.13. The van der Waals surface area contributed by atoms with E-state index in [1.165, 1.54) is 0 Å². The molecule has 4 rings (SSSR count). The lowest BCUT2D eigenvalue weighted by Gasteiger charge is -2.30. The van der Waals surface area contributed by atoms with Crippen molar-refractivity contribution < 1.29 is 14.1 Å². The Hall–Kier alpha value is -2.71. The number of thiophene rings is 1. The average molecular weight is 427 g/mol. The first-order valence-electron chi connectivity index (χ1n) is 10.3. The molecule has 0 radical (unpaired) electrons. The summed E-state index contributed by atoms with van der Waals surface area (Å²) < 4.78 is 10.9. The van der Waals surface area contributed by atoms with E-state index >= 15 is 0 Å². The molecule has 158 valence electrons. The number of hydrogen-bond donors (Lipinski definition) is 1. The molecule has 1 atom stereocenters. The minimum atomic E-state index is -0.0267. The summed E-state index contributed by atoms with van der Waals surface area (Å²) in [5, 5.41) is 9.13. The Kier molecular flexibility index (Phi) is 6.76. The van der Waals surface area contributed by atoms with Gasteiger partial charge >= 0.3 is 0 Å². The predicted molar refractivity (Wildman–Crippen MR) is 115 cm³/mol. The summed E-state index contributed by atoms with van der Waals surface area (Å²) in [6.07, 6.45) is 1.88. The van der Waals surface area contributed by atoms with Gasteiger partial charge in [0.25, 0.3) is 0 Å². The number of carbonyl (C=O) groups is 1. The number of likely N-dealkylation sites (tertiary alicyclic amines) is 1. The molecule has 3 aromatic rings. The van der Waals surface area contributed by atoms with E-state index in [2.05, 4.69) is 20.4 Å². The summed E-state index contributed by atoms with van der Waals surface area (Å²) in [5.74, 6) is 2.13. The van der Waals surface area contributed by atoms with Crippen molar-refractivity contribution in [1.29, 1.82) is 0 Å². The number of piperidine rings is 1. The molecule has 1 fully saturated rings. The zero-order chi connectivity index (χ0) is 20.8. The SMILES string of the molecule is CCOc1ccc(CNC(=O)C2CCCN(Cc3nc(-c4cccs4)no3)C2)cc1. The summed E-state index contributed by atoms with van der Waals surface area (Å²) in [7, 11) is 0. The molecule has 2 aromatic heterocycles. The Bertz CT molecular complexity index is 940. The van der Waals surface area contributed by atoms with E-state index < -0.39 is 0 Å². The molecule has 30 heavy (non-hydrogen) atoms. The van der Waals surface area contributed by atoms with Crippen molar-refractivity contribution in [3.8, 4) is 16.5 Å². The van der Waals surface area contributed by atoms with Crippen molar-refractivity contribution in [1.82, 2.24) is 20.4 Å². The lowest BCUT2D eigenvalue weighted by molar-refractivity contribution is -0.127. The molecule has 0 saturated carbocycles. The number of hydrogen-bond acceptors (Lipinski definition) is 7. The second kappa shape index (κ2) is 9.86. The highest BCUT2D eigenvalue weighted by Crippen LogP contribution is 2.23. The summed E-state index contributed by atoms with van der Waals surface area (Å²) >= 11 is 1.59. The van der Waals surface area contributed by atoms with Gasteiger partial charge in [-0.25, -0.2) is 0 Å². The van der Waals surface area contributed by atoms with E-state index in [-0.39, 0.29) is 11.8 Å². The molecule has 0 spiro atoms. The first-order valence-corrected chi connectivity index (χ1v) is 11.2. The summed E-state index contributed by atoms with van der Waals surface area (Å²) in [5.41, 5.74) is 1.06. The molecule has 1 saturated heterocycles. The normalized spacial score (nSPS) is 17.0. The van der Waals surface area contributed by atoms with E-state index in [0.717, 1.165) is 35.6 Å². The highest BCUT2D eigenvalue weighted by Gasteiger charge is 2.26. The number of rotatable bonds is 8. The smallest absolute Gasteiger partial charge is 0.241 e. The van der Waals surface area contributed by atoms with Crippen molar-refractivity contribution in [2.75, 3.05) is 19.7 Å². The van der Waals surface area contributed by atoms with Crippen LogP contribution >= 0.6 is 11.3 Å². The number of nitrogens with one attached hydrogen (secondary N) is 1. The first kappa shape index (κ1) is 20.6. The molecular formula is C22H26N4O3S. The number of ether oxygens (including phenoxy) is 1. The minimum absolute atomic E-state index is 0.0267. The van der Waals surface area contributed by atoms with Crippen molar-refractivity contribution >= 4 is 17.2 Å². The summed E-state index contributed by atoms with van der Waals surface area (Å²) in [6, 6.07) is 11.8. The van der Waals surface area contributed by atoms with Crippen LogP contribution in [0.2, 0.25) is 0 Å². The Morgan fingerprint density at radius 3 is 2.97 bits per heavy atom. The van der Waals surface area contributed by atoms with E-state index in [1.54, 1.807) is 11.3 Å². The van der Waals surface area contributed by atoms with Gasteiger partial charge in [0, 0.05) is 13.1 Å². The maximum atomic E-state index is 12.7. The van der Waals surface area contributed by atoms with Gasteiger partial charge < -0.3 is 14.6 Å². The molecule has 0 aliphatic carbocycles. The van der Waals surface area contributed by atoms with Crippen LogP contribution in [0.25, 0.3) is 10.7 Å². The third-order valence-corrected chi connectivity index (χ3v) is 6.01. The van der Waals surface area contributed by atoms with E-state index in [4.69, 9.17) is 9.26 Å². The molecule has 1 aromatic carbocycles. The van der Waals surface area contributed by atoms with Crippen molar-refractivity contribution in [3.05, 3.63) is 53.2 Å². The quantitative estimate of drug-likeness (QED) is 0.591. The van der Waals surface area contributed by atoms with E-state index in [0.29, 0.717) is 38.0 Å². The zero-order valence-corrected chi connectivity index (χ0v) is 17.9. The number of amides is 1. The number of aromatic nitrogens is 2. The van der Waals surface area contributed by atoms with Gasteiger partial charge in [0.05, 0.1) is 23.9 Å². The molecule has 0 bridgehead atoms. The third-order valence-electron chi connectivity index (χ3n) is 5.15. The van der Waals surface area contributed by atoms with Gasteiger partial charge in [0.2, 0.25) is 17.6 Å². The average Bonchev–Trinajstić information content (AvgIpc) is 3.45. The summed E-state index contributed by atoms with van der Waals surface area (Å²) in [4.78, 5) is 20.4. The van der Waals surface area contributed by atoms with Gasteiger partial charge in [0.15, 0.2) is 0 Å². The molecule has 1 unspecified atom stereocenters. The molecule has 3 heterocycles. The largest absolute Gasteiger partial charge is 0.494 e. The molecule has 8 heteroatoms. The van der Waals surface area contributed by atoms with Crippen LogP contribution in [-0.4, -0.2) is 40.6 Å². The van der Waals surface area contributed by atoms with Crippen LogP contribution in [0.3, 0.4) is 0 Å². The van der Waals surface area contributed by atoms with Crippen LogP contribution in [0.5, 0.6) is 5.75 Å². The van der Waals surface area contributed by atoms with Crippen LogP contribution in [0.4, 0.5) is 0 Å². The first-order chi connectivity index (χ1) is 14.7. The van der Waals surface area contributed by atoms with Crippen LogP contribution in [0, 0.1) is 5.92 Å². The van der Waals surface area contributed by atoms with Gasteiger partial charge in [-0.05, 0) is 55.5 Å². The lowest BCUT2D eigenvalue weighted by atomic mass is 9.97. The topological polar surface area (TPSA) is 80.5 Å². The van der Waals surface area contributed by atoms with Gasteiger partial charge in [-0.1, -0.05) is 23.4 Å². The summed E-state index contributed by atoms with van der Waals surface area (Å²) in [6.45, 7) is 5.33. The Morgan fingerprint density at radius 2 is 2.20 bits per heavy atom. The van der Waals surface area contributed by atoms with Gasteiger partial charge in [-0.15, -0.1) is 11.3 Å². The molecule has 1 aliphatic rings. The second-order valence-corrected chi connectivity index (χ2v) is 8.31. The Labute approximate surface area is 180 Å². The predicted octanol–water partition coefficient (Wildman–Crippen LogP) is 3.73.